The summed E-state index contributed by atoms with van der Waals surface area (Å²) in [7, 11) is 0. The molecule has 0 spiro atoms. The second kappa shape index (κ2) is 5.08. The van der Waals surface area contributed by atoms with E-state index >= 15 is 0 Å². The number of amides is 1. The third-order valence-electron chi connectivity index (χ3n) is 3.86. The van der Waals surface area contributed by atoms with Crippen LogP contribution in [-0.2, 0) is 9.53 Å². The Hall–Kier alpha value is -2.00. The lowest BCUT2D eigenvalue weighted by Crippen LogP contribution is -2.60. The minimum absolute atomic E-state index is 0.0180. The summed E-state index contributed by atoms with van der Waals surface area (Å²) < 4.78 is 7.09. The van der Waals surface area contributed by atoms with Gasteiger partial charge in [0.25, 0.3) is 0 Å². The van der Waals surface area contributed by atoms with Gasteiger partial charge in [0.15, 0.2) is 5.69 Å². The van der Waals surface area contributed by atoms with E-state index in [0.29, 0.717) is 13.1 Å². The van der Waals surface area contributed by atoms with E-state index in [0.717, 1.165) is 13.1 Å². The van der Waals surface area contributed by atoms with Gasteiger partial charge in [-0.15, -0.1) is 5.10 Å². The van der Waals surface area contributed by atoms with Gasteiger partial charge in [-0.2, -0.15) is 0 Å². The van der Waals surface area contributed by atoms with Crippen molar-refractivity contribution >= 4 is 11.9 Å². The van der Waals surface area contributed by atoms with E-state index in [1.807, 2.05) is 6.92 Å². The lowest BCUT2D eigenvalue weighted by molar-refractivity contribution is -0.151. The third kappa shape index (κ3) is 2.74. The van der Waals surface area contributed by atoms with Crippen LogP contribution in [0.15, 0.2) is 6.20 Å². The van der Waals surface area contributed by atoms with E-state index in [9.17, 15) is 9.59 Å². The summed E-state index contributed by atoms with van der Waals surface area (Å²) in [6, 6.07) is -0.0180. The number of carbonyl (C=O) groups excluding carboxylic acids is 1. The number of likely N-dealkylation sites (tertiary alicyclic amines) is 1. The molecule has 1 amide bonds. The van der Waals surface area contributed by atoms with E-state index in [-0.39, 0.29) is 29.9 Å². The minimum Gasteiger partial charge on any atom is -0.476 e. The maximum Gasteiger partial charge on any atom is 0.358 e. The predicted octanol–water partition coefficient (Wildman–Crippen LogP) is -1.26. The molecule has 3 rings (SSSR count). The molecule has 0 aromatic carbocycles. The van der Waals surface area contributed by atoms with Gasteiger partial charge in [0.2, 0.25) is 5.91 Å². The molecular formula is C12H17N5O4. The topological polar surface area (TPSA) is 110 Å². The van der Waals surface area contributed by atoms with E-state index in [1.165, 1.54) is 10.9 Å². The number of hydrogen-bond acceptors (Lipinski definition) is 6. The highest BCUT2D eigenvalue weighted by molar-refractivity contribution is 5.84. The number of carboxylic acids is 1. The van der Waals surface area contributed by atoms with Crippen molar-refractivity contribution in [2.75, 3.05) is 32.8 Å². The molecule has 1 aromatic heterocycles. The zero-order valence-electron chi connectivity index (χ0n) is 11.7. The average Bonchev–Trinajstić information content (AvgIpc) is 2.82. The monoisotopic (exact) mass is 295 g/mol. The van der Waals surface area contributed by atoms with Crippen LogP contribution in [-0.4, -0.2) is 75.3 Å². The molecule has 0 saturated carbocycles. The number of carbonyl (C=O) groups is 2. The highest BCUT2D eigenvalue weighted by Gasteiger charge is 2.36. The first-order valence-electron chi connectivity index (χ1n) is 6.74. The van der Waals surface area contributed by atoms with Gasteiger partial charge in [-0.25, -0.2) is 9.48 Å². The van der Waals surface area contributed by atoms with E-state index in [4.69, 9.17) is 9.84 Å². The van der Waals surface area contributed by atoms with Crippen molar-refractivity contribution in [3.8, 4) is 0 Å². The Balaban J connectivity index is 1.46. The smallest absolute Gasteiger partial charge is 0.358 e. The molecule has 3 heterocycles. The van der Waals surface area contributed by atoms with Crippen LogP contribution < -0.4 is 5.32 Å². The van der Waals surface area contributed by atoms with Gasteiger partial charge in [0, 0.05) is 26.2 Å². The Kier molecular flexibility index (Phi) is 3.38. The number of nitrogens with zero attached hydrogens (tertiary/aromatic N) is 4. The molecule has 0 radical (unpaired) electrons. The minimum atomic E-state index is -1.11. The summed E-state index contributed by atoms with van der Waals surface area (Å²) >= 11 is 0. The molecule has 0 unspecified atom stereocenters. The Labute approximate surface area is 120 Å². The molecule has 0 atom stereocenters. The molecule has 2 fully saturated rings. The summed E-state index contributed by atoms with van der Waals surface area (Å²) in [6.45, 7) is 4.57. The molecule has 2 N–H and O–H groups in total. The van der Waals surface area contributed by atoms with Crippen molar-refractivity contribution in [2.45, 2.75) is 18.6 Å². The summed E-state index contributed by atoms with van der Waals surface area (Å²) in [5.74, 6) is -1.16. The van der Waals surface area contributed by atoms with Crippen LogP contribution in [0.25, 0.3) is 0 Å². The molecule has 0 bridgehead atoms. The summed E-state index contributed by atoms with van der Waals surface area (Å²) in [5.41, 5.74) is -0.323. The lowest BCUT2D eigenvalue weighted by Gasteiger charge is -2.42. The summed E-state index contributed by atoms with van der Waals surface area (Å²) in [4.78, 5) is 24.3. The lowest BCUT2D eigenvalue weighted by atomic mass is 10.0. The first-order chi connectivity index (χ1) is 9.97. The van der Waals surface area contributed by atoms with E-state index < -0.39 is 5.97 Å². The standard InChI is InChI=1S/C12H17N5O4/c1-12(6-13-7-12)21-5-10(18)16-2-8(3-16)17-4-9(11(19)20)14-15-17/h4,8,13H,2-3,5-7H2,1H3,(H,19,20). The van der Waals surface area contributed by atoms with Crippen LogP contribution in [0.3, 0.4) is 0 Å². The molecule has 9 nitrogen and oxygen atoms in total. The van der Waals surface area contributed by atoms with Crippen LogP contribution in [0.4, 0.5) is 0 Å². The molecular weight excluding hydrogens is 278 g/mol. The number of nitrogens with one attached hydrogen (secondary N) is 1. The fraction of sp³-hybridized carbons (Fsp3) is 0.667. The predicted molar refractivity (Wildman–Crippen MR) is 69.8 cm³/mol. The van der Waals surface area contributed by atoms with Gasteiger partial charge in [0.05, 0.1) is 17.8 Å². The van der Waals surface area contributed by atoms with Crippen LogP contribution in [0.2, 0.25) is 0 Å². The van der Waals surface area contributed by atoms with E-state index in [2.05, 4.69) is 15.6 Å². The second-order valence-electron chi connectivity index (χ2n) is 5.68. The number of aromatic carboxylic acids is 1. The van der Waals surface area contributed by atoms with Crippen LogP contribution in [0.1, 0.15) is 23.5 Å². The molecule has 9 heteroatoms. The number of aromatic nitrogens is 3. The quantitative estimate of drug-likeness (QED) is 0.697. The van der Waals surface area contributed by atoms with Crippen molar-refractivity contribution in [3.05, 3.63) is 11.9 Å². The normalized spacial score (nSPS) is 20.7. The molecule has 2 aliphatic rings. The number of ether oxygens (including phenoxy) is 1. The Morgan fingerprint density at radius 2 is 2.24 bits per heavy atom. The molecule has 1 aromatic rings. The molecule has 114 valence electrons. The maximum absolute atomic E-state index is 11.9. The molecule has 2 aliphatic heterocycles. The van der Waals surface area contributed by atoms with Crippen molar-refractivity contribution in [2.24, 2.45) is 0 Å². The number of carboxylic acid groups (broad SMARTS) is 1. The van der Waals surface area contributed by atoms with E-state index in [1.54, 1.807) is 4.90 Å². The second-order valence-corrected chi connectivity index (χ2v) is 5.68. The summed E-state index contributed by atoms with van der Waals surface area (Å²) in [6.07, 6.45) is 1.38. The number of rotatable bonds is 5. The molecule has 0 aliphatic carbocycles. The Bertz CT molecular complexity index is 562. The van der Waals surface area contributed by atoms with Crippen LogP contribution >= 0.6 is 0 Å². The molecule has 21 heavy (non-hydrogen) atoms. The van der Waals surface area contributed by atoms with Gasteiger partial charge < -0.3 is 20.1 Å². The number of hydrogen-bond donors (Lipinski definition) is 2. The van der Waals surface area contributed by atoms with Gasteiger partial charge in [-0.1, -0.05) is 5.21 Å². The largest absolute Gasteiger partial charge is 0.476 e. The average molecular weight is 295 g/mol. The Morgan fingerprint density at radius 3 is 2.76 bits per heavy atom. The van der Waals surface area contributed by atoms with Crippen molar-refractivity contribution in [3.63, 3.8) is 0 Å². The van der Waals surface area contributed by atoms with Gasteiger partial charge in [-0.3, -0.25) is 4.79 Å². The van der Waals surface area contributed by atoms with Gasteiger partial charge >= 0.3 is 5.97 Å². The SMILES string of the molecule is CC1(OCC(=O)N2CC(n3cc(C(=O)O)nn3)C2)CNC1. The summed E-state index contributed by atoms with van der Waals surface area (Å²) in [5, 5.41) is 19.2. The van der Waals surface area contributed by atoms with Crippen LogP contribution in [0, 0.1) is 0 Å². The van der Waals surface area contributed by atoms with Gasteiger partial charge in [-0.05, 0) is 6.92 Å². The van der Waals surface area contributed by atoms with Crippen LogP contribution in [0.5, 0.6) is 0 Å². The zero-order valence-corrected chi connectivity index (χ0v) is 11.7. The fourth-order valence-electron chi connectivity index (χ4n) is 2.29. The van der Waals surface area contributed by atoms with Crippen molar-refractivity contribution < 1.29 is 19.4 Å². The Morgan fingerprint density at radius 1 is 1.52 bits per heavy atom. The zero-order chi connectivity index (χ0) is 15.0. The first-order valence-corrected chi connectivity index (χ1v) is 6.74. The highest BCUT2D eigenvalue weighted by atomic mass is 16.5. The maximum atomic E-state index is 11.9. The van der Waals surface area contributed by atoms with Crippen molar-refractivity contribution in [1.82, 2.24) is 25.2 Å². The highest BCUT2D eigenvalue weighted by Crippen LogP contribution is 2.21. The third-order valence-corrected chi connectivity index (χ3v) is 3.86. The first kappa shape index (κ1) is 14.0. The van der Waals surface area contributed by atoms with Crippen molar-refractivity contribution in [1.29, 1.82) is 0 Å². The fourth-order valence-corrected chi connectivity index (χ4v) is 2.29. The van der Waals surface area contributed by atoms with Gasteiger partial charge in [0.1, 0.15) is 6.61 Å². The molecule has 2 saturated heterocycles.